The van der Waals surface area contributed by atoms with Crippen LogP contribution in [-0.4, -0.2) is 27.5 Å². The van der Waals surface area contributed by atoms with Gasteiger partial charge in [-0.1, -0.05) is 18.7 Å². The summed E-state index contributed by atoms with van der Waals surface area (Å²) in [7, 11) is 1.58. The van der Waals surface area contributed by atoms with Crippen LogP contribution in [0.15, 0.2) is 37.0 Å². The molecule has 0 spiro atoms. The lowest BCUT2D eigenvalue weighted by atomic mass is 10.2. The van der Waals surface area contributed by atoms with Crippen molar-refractivity contribution >= 4 is 17.8 Å². The number of methoxy groups -OCH3 is 1. The number of imidazole rings is 1. The van der Waals surface area contributed by atoms with E-state index in [-0.39, 0.29) is 24.1 Å². The highest BCUT2D eigenvalue weighted by Crippen LogP contribution is 2.13. The third kappa shape index (κ3) is 4.16. The van der Waals surface area contributed by atoms with Gasteiger partial charge in [0.15, 0.2) is 0 Å². The van der Waals surface area contributed by atoms with Crippen LogP contribution in [0.1, 0.15) is 11.4 Å². The third-order valence-electron chi connectivity index (χ3n) is 3.13. The second-order valence-corrected chi connectivity index (χ2v) is 4.67. The SMILES string of the molecule is C=Cc1nc([N+](=O)[O-])cn1CC(=O)NCc1ccc(OC)cc1. The lowest BCUT2D eigenvalue weighted by Crippen LogP contribution is -2.27. The van der Waals surface area contributed by atoms with Crippen LogP contribution in [0.25, 0.3) is 6.08 Å². The van der Waals surface area contributed by atoms with E-state index in [1.54, 1.807) is 19.2 Å². The quantitative estimate of drug-likeness (QED) is 0.620. The largest absolute Gasteiger partial charge is 0.497 e. The van der Waals surface area contributed by atoms with E-state index in [0.29, 0.717) is 6.54 Å². The average molecular weight is 316 g/mol. The molecule has 0 aliphatic heterocycles. The molecule has 1 N–H and O–H groups in total. The number of ether oxygens (including phenoxy) is 1. The molecule has 0 aliphatic rings. The number of nitrogens with zero attached hydrogens (tertiary/aromatic N) is 3. The van der Waals surface area contributed by atoms with Crippen molar-refractivity contribution in [1.82, 2.24) is 14.9 Å². The monoisotopic (exact) mass is 316 g/mol. The molecule has 0 aliphatic carbocycles. The molecule has 2 aromatic rings. The van der Waals surface area contributed by atoms with Crippen molar-refractivity contribution in [2.75, 3.05) is 7.11 Å². The van der Waals surface area contributed by atoms with Crippen LogP contribution in [0.2, 0.25) is 0 Å². The Kier molecular flexibility index (Phi) is 5.08. The predicted molar refractivity (Wildman–Crippen MR) is 83.8 cm³/mol. The molecule has 0 saturated carbocycles. The lowest BCUT2D eigenvalue weighted by molar-refractivity contribution is -0.389. The summed E-state index contributed by atoms with van der Waals surface area (Å²) in [5, 5.41) is 13.5. The van der Waals surface area contributed by atoms with Crippen molar-refractivity contribution < 1.29 is 14.5 Å². The molecule has 8 nitrogen and oxygen atoms in total. The molecule has 2 rings (SSSR count). The van der Waals surface area contributed by atoms with Gasteiger partial charge >= 0.3 is 5.82 Å². The van der Waals surface area contributed by atoms with E-state index in [2.05, 4.69) is 16.9 Å². The summed E-state index contributed by atoms with van der Waals surface area (Å²) in [6, 6.07) is 7.29. The number of amides is 1. The minimum absolute atomic E-state index is 0.0711. The molecule has 120 valence electrons. The van der Waals surface area contributed by atoms with E-state index in [1.807, 2.05) is 12.1 Å². The molecule has 23 heavy (non-hydrogen) atoms. The van der Waals surface area contributed by atoms with Gasteiger partial charge in [-0.25, -0.2) is 0 Å². The number of nitrogens with one attached hydrogen (secondary N) is 1. The van der Waals surface area contributed by atoms with Crippen molar-refractivity contribution in [3.05, 3.63) is 58.5 Å². The standard InChI is InChI=1S/C15H16N4O4/c1-3-13-17-14(19(21)22)9-18(13)10-15(20)16-8-11-4-6-12(23-2)7-5-11/h3-7,9H,1,8,10H2,2H3,(H,16,20). The van der Waals surface area contributed by atoms with Crippen molar-refractivity contribution in [2.24, 2.45) is 0 Å². The van der Waals surface area contributed by atoms with E-state index in [4.69, 9.17) is 4.74 Å². The van der Waals surface area contributed by atoms with E-state index in [9.17, 15) is 14.9 Å². The number of hydrogen-bond donors (Lipinski definition) is 1. The molecule has 1 aromatic heterocycles. The van der Waals surface area contributed by atoms with Gasteiger partial charge in [-0.15, -0.1) is 0 Å². The number of nitro groups is 1. The van der Waals surface area contributed by atoms with Crippen LogP contribution in [0.5, 0.6) is 5.75 Å². The maximum Gasteiger partial charge on any atom is 0.382 e. The van der Waals surface area contributed by atoms with Gasteiger partial charge in [0, 0.05) is 12.6 Å². The summed E-state index contributed by atoms with van der Waals surface area (Å²) in [4.78, 5) is 25.8. The summed E-state index contributed by atoms with van der Waals surface area (Å²) >= 11 is 0. The van der Waals surface area contributed by atoms with Crippen LogP contribution < -0.4 is 10.1 Å². The van der Waals surface area contributed by atoms with E-state index < -0.39 is 4.92 Å². The van der Waals surface area contributed by atoms with Crippen molar-refractivity contribution in [1.29, 1.82) is 0 Å². The van der Waals surface area contributed by atoms with Crippen LogP contribution >= 0.6 is 0 Å². The molecular formula is C15H16N4O4. The van der Waals surface area contributed by atoms with Gasteiger partial charge < -0.3 is 20.2 Å². The molecule has 1 aromatic carbocycles. The minimum Gasteiger partial charge on any atom is -0.497 e. The highest BCUT2D eigenvalue weighted by atomic mass is 16.6. The molecule has 8 heteroatoms. The second-order valence-electron chi connectivity index (χ2n) is 4.67. The second kappa shape index (κ2) is 7.21. The maximum atomic E-state index is 12.0. The minimum atomic E-state index is -0.612. The fourth-order valence-electron chi connectivity index (χ4n) is 1.95. The molecule has 0 bridgehead atoms. The topological polar surface area (TPSA) is 99.3 Å². The number of aromatic nitrogens is 2. The smallest absolute Gasteiger partial charge is 0.382 e. The van der Waals surface area contributed by atoms with Gasteiger partial charge in [0.25, 0.3) is 0 Å². The molecule has 1 heterocycles. The zero-order chi connectivity index (χ0) is 16.8. The number of rotatable bonds is 7. The molecular weight excluding hydrogens is 300 g/mol. The zero-order valence-electron chi connectivity index (χ0n) is 12.6. The highest BCUT2D eigenvalue weighted by molar-refractivity contribution is 5.76. The first kappa shape index (κ1) is 16.2. The van der Waals surface area contributed by atoms with Gasteiger partial charge in [0.2, 0.25) is 11.7 Å². The normalized spacial score (nSPS) is 10.1. The Morgan fingerprint density at radius 2 is 2.17 bits per heavy atom. The molecule has 0 radical (unpaired) electrons. The van der Waals surface area contributed by atoms with Crippen LogP contribution in [0.4, 0.5) is 5.82 Å². The summed E-state index contributed by atoms with van der Waals surface area (Å²) in [6.45, 7) is 3.81. The first-order chi connectivity index (χ1) is 11.0. The summed E-state index contributed by atoms with van der Waals surface area (Å²) in [6.07, 6.45) is 2.58. The van der Waals surface area contributed by atoms with E-state index >= 15 is 0 Å². The lowest BCUT2D eigenvalue weighted by Gasteiger charge is -2.07. The molecule has 1 amide bonds. The fourth-order valence-corrected chi connectivity index (χ4v) is 1.95. The van der Waals surface area contributed by atoms with Crippen LogP contribution in [0.3, 0.4) is 0 Å². The summed E-state index contributed by atoms with van der Waals surface area (Å²) in [5.74, 6) is 0.414. The zero-order valence-corrected chi connectivity index (χ0v) is 12.6. The highest BCUT2D eigenvalue weighted by Gasteiger charge is 2.17. The Balaban J connectivity index is 1.96. The first-order valence-corrected chi connectivity index (χ1v) is 6.77. The fraction of sp³-hybridized carbons (Fsp3) is 0.200. The van der Waals surface area contributed by atoms with Crippen LogP contribution in [0, 0.1) is 10.1 Å². The Morgan fingerprint density at radius 3 is 2.74 bits per heavy atom. The Bertz CT molecular complexity index is 722. The Hall–Kier alpha value is -3.16. The average Bonchev–Trinajstić information content (AvgIpc) is 2.96. The number of hydrogen-bond acceptors (Lipinski definition) is 5. The van der Waals surface area contributed by atoms with Gasteiger partial charge in [0.05, 0.1) is 7.11 Å². The summed E-state index contributed by atoms with van der Waals surface area (Å²) < 4.78 is 6.44. The molecule has 0 saturated heterocycles. The first-order valence-electron chi connectivity index (χ1n) is 6.77. The maximum absolute atomic E-state index is 12.0. The number of carbonyl (C=O) groups excluding carboxylic acids is 1. The molecule has 0 unspecified atom stereocenters. The molecule has 0 atom stereocenters. The predicted octanol–water partition coefficient (Wildman–Crippen LogP) is 1.76. The Labute approximate surface area is 132 Å². The van der Waals surface area contributed by atoms with E-state index in [0.717, 1.165) is 11.3 Å². The Morgan fingerprint density at radius 1 is 1.48 bits per heavy atom. The van der Waals surface area contributed by atoms with Gasteiger partial charge in [-0.05, 0) is 27.6 Å². The van der Waals surface area contributed by atoms with Gasteiger partial charge in [-0.2, -0.15) is 0 Å². The van der Waals surface area contributed by atoms with Gasteiger partial charge in [-0.3, -0.25) is 9.36 Å². The van der Waals surface area contributed by atoms with Gasteiger partial charge in [0.1, 0.15) is 18.5 Å². The third-order valence-corrected chi connectivity index (χ3v) is 3.13. The van der Waals surface area contributed by atoms with Crippen LogP contribution in [-0.2, 0) is 17.9 Å². The van der Waals surface area contributed by atoms with Crippen molar-refractivity contribution in [3.63, 3.8) is 0 Å². The van der Waals surface area contributed by atoms with Crippen molar-refractivity contribution in [3.8, 4) is 5.75 Å². The van der Waals surface area contributed by atoms with Crippen molar-refractivity contribution in [2.45, 2.75) is 13.1 Å². The molecule has 0 fully saturated rings. The number of carbonyl (C=O) groups is 1. The van der Waals surface area contributed by atoms with E-state index in [1.165, 1.54) is 16.8 Å². The summed E-state index contributed by atoms with van der Waals surface area (Å²) in [5.41, 5.74) is 0.916. The number of benzene rings is 1.